The molecule has 1 N–H and O–H groups in total. The Bertz CT molecular complexity index is 350. The fourth-order valence-corrected chi connectivity index (χ4v) is 2.38. The minimum Gasteiger partial charge on any atom is -0.494 e. The molecule has 1 aromatic carbocycles. The highest BCUT2D eigenvalue weighted by molar-refractivity contribution is 5.27. The van der Waals surface area contributed by atoms with E-state index in [0.29, 0.717) is 6.04 Å². The first-order chi connectivity index (χ1) is 8.81. The van der Waals surface area contributed by atoms with Gasteiger partial charge >= 0.3 is 0 Å². The second-order valence-electron chi connectivity index (χ2n) is 5.00. The smallest absolute Gasteiger partial charge is 0.119 e. The first-order valence-corrected chi connectivity index (χ1v) is 6.93. The van der Waals surface area contributed by atoms with Gasteiger partial charge in [0.05, 0.1) is 6.61 Å². The largest absolute Gasteiger partial charge is 0.494 e. The number of ether oxygens (including phenoxy) is 1. The molecule has 3 heteroatoms. The van der Waals surface area contributed by atoms with Gasteiger partial charge in [-0.2, -0.15) is 0 Å². The number of likely N-dealkylation sites (tertiary alicyclic amines) is 1. The third kappa shape index (κ3) is 3.72. The van der Waals surface area contributed by atoms with E-state index in [9.17, 15) is 0 Å². The van der Waals surface area contributed by atoms with Crippen LogP contribution in [-0.2, 0) is 6.54 Å². The molecule has 0 saturated carbocycles. The molecule has 0 radical (unpaired) electrons. The van der Waals surface area contributed by atoms with Gasteiger partial charge in [0, 0.05) is 25.7 Å². The Morgan fingerprint density at radius 3 is 2.72 bits per heavy atom. The molecule has 100 valence electrons. The molecule has 0 aromatic heterocycles. The first kappa shape index (κ1) is 13.4. The lowest BCUT2D eigenvalue weighted by atomic mass is 10.2. The van der Waals surface area contributed by atoms with Gasteiger partial charge in [0.15, 0.2) is 0 Å². The standard InChI is InChI=1S/C15H24N2O/c1-3-10-18-15-6-4-13(5-7-15)11-17-9-8-14(12-17)16-2/h4-7,14,16H,3,8-12H2,1-2H3. The van der Waals surface area contributed by atoms with Crippen molar-refractivity contribution in [3.05, 3.63) is 29.8 Å². The number of likely N-dealkylation sites (N-methyl/N-ethyl adjacent to an activating group) is 1. The maximum atomic E-state index is 5.59. The van der Waals surface area contributed by atoms with Gasteiger partial charge in [-0.1, -0.05) is 19.1 Å². The van der Waals surface area contributed by atoms with Gasteiger partial charge < -0.3 is 10.1 Å². The normalized spacial score (nSPS) is 20.2. The van der Waals surface area contributed by atoms with Crippen molar-refractivity contribution in [1.29, 1.82) is 0 Å². The van der Waals surface area contributed by atoms with Gasteiger partial charge in [0.2, 0.25) is 0 Å². The van der Waals surface area contributed by atoms with Crippen LogP contribution in [0.1, 0.15) is 25.3 Å². The summed E-state index contributed by atoms with van der Waals surface area (Å²) in [5, 5.41) is 3.35. The molecule has 0 aliphatic carbocycles. The van der Waals surface area contributed by atoms with Crippen LogP contribution in [0.15, 0.2) is 24.3 Å². The molecule has 1 saturated heterocycles. The molecule has 3 nitrogen and oxygen atoms in total. The zero-order valence-corrected chi connectivity index (χ0v) is 11.5. The second-order valence-corrected chi connectivity index (χ2v) is 5.00. The van der Waals surface area contributed by atoms with Crippen LogP contribution in [-0.4, -0.2) is 37.7 Å². The van der Waals surface area contributed by atoms with E-state index in [-0.39, 0.29) is 0 Å². The van der Waals surface area contributed by atoms with Crippen molar-refractivity contribution in [1.82, 2.24) is 10.2 Å². The summed E-state index contributed by atoms with van der Waals surface area (Å²) in [5.41, 5.74) is 1.37. The van der Waals surface area contributed by atoms with Crippen LogP contribution in [0.5, 0.6) is 5.75 Å². The van der Waals surface area contributed by atoms with Crippen LogP contribution in [0.3, 0.4) is 0 Å². The summed E-state index contributed by atoms with van der Waals surface area (Å²) in [5.74, 6) is 0.982. The molecule has 0 spiro atoms. The number of rotatable bonds is 6. The summed E-state index contributed by atoms with van der Waals surface area (Å²) in [6.45, 7) is 6.33. The summed E-state index contributed by atoms with van der Waals surface area (Å²) in [7, 11) is 2.05. The fraction of sp³-hybridized carbons (Fsp3) is 0.600. The third-order valence-corrected chi connectivity index (χ3v) is 3.48. The van der Waals surface area contributed by atoms with Crippen molar-refractivity contribution in [3.8, 4) is 5.75 Å². The molecule has 18 heavy (non-hydrogen) atoms. The SMILES string of the molecule is CCCOc1ccc(CN2CCC(NC)C2)cc1. The van der Waals surface area contributed by atoms with E-state index < -0.39 is 0 Å². The Morgan fingerprint density at radius 1 is 1.33 bits per heavy atom. The molecule has 1 atom stereocenters. The fourth-order valence-electron chi connectivity index (χ4n) is 2.38. The molecule has 1 aliphatic heterocycles. The van der Waals surface area contributed by atoms with Crippen molar-refractivity contribution in [3.63, 3.8) is 0 Å². The van der Waals surface area contributed by atoms with E-state index in [1.807, 2.05) is 7.05 Å². The lowest BCUT2D eigenvalue weighted by molar-refractivity contribution is 0.314. The van der Waals surface area contributed by atoms with Gasteiger partial charge in [0.25, 0.3) is 0 Å². The Morgan fingerprint density at radius 2 is 2.11 bits per heavy atom. The molecule has 0 bridgehead atoms. The molecule has 1 fully saturated rings. The van der Waals surface area contributed by atoms with E-state index in [1.165, 1.54) is 18.5 Å². The number of nitrogens with zero attached hydrogens (tertiary/aromatic N) is 1. The van der Waals surface area contributed by atoms with E-state index in [1.54, 1.807) is 0 Å². The number of hydrogen-bond donors (Lipinski definition) is 1. The van der Waals surface area contributed by atoms with Crippen molar-refractivity contribution < 1.29 is 4.74 Å². The highest BCUT2D eigenvalue weighted by atomic mass is 16.5. The molecule has 1 aliphatic rings. The van der Waals surface area contributed by atoms with Gasteiger partial charge in [-0.15, -0.1) is 0 Å². The summed E-state index contributed by atoms with van der Waals surface area (Å²) in [4.78, 5) is 2.50. The van der Waals surface area contributed by atoms with E-state index in [2.05, 4.69) is 41.4 Å². The monoisotopic (exact) mass is 248 g/mol. The van der Waals surface area contributed by atoms with E-state index >= 15 is 0 Å². The topological polar surface area (TPSA) is 24.5 Å². The Hall–Kier alpha value is -1.06. The van der Waals surface area contributed by atoms with Crippen molar-refractivity contribution >= 4 is 0 Å². The van der Waals surface area contributed by atoms with Crippen LogP contribution < -0.4 is 10.1 Å². The lowest BCUT2D eigenvalue weighted by Crippen LogP contribution is -2.29. The summed E-state index contributed by atoms with van der Waals surface area (Å²) in [6, 6.07) is 9.18. The Labute approximate surface area is 110 Å². The zero-order valence-electron chi connectivity index (χ0n) is 11.5. The third-order valence-electron chi connectivity index (χ3n) is 3.48. The first-order valence-electron chi connectivity index (χ1n) is 6.93. The van der Waals surface area contributed by atoms with E-state index in [4.69, 9.17) is 4.74 Å². The Kier molecular flexibility index (Phi) is 5.02. The number of hydrogen-bond acceptors (Lipinski definition) is 3. The second kappa shape index (κ2) is 6.76. The summed E-state index contributed by atoms with van der Waals surface area (Å²) < 4.78 is 5.59. The predicted molar refractivity (Wildman–Crippen MR) is 75.0 cm³/mol. The van der Waals surface area contributed by atoms with Crippen LogP contribution in [0.4, 0.5) is 0 Å². The van der Waals surface area contributed by atoms with Gasteiger partial charge in [-0.3, -0.25) is 4.90 Å². The summed E-state index contributed by atoms with van der Waals surface area (Å²) >= 11 is 0. The van der Waals surface area contributed by atoms with Crippen molar-refractivity contribution in [2.45, 2.75) is 32.4 Å². The van der Waals surface area contributed by atoms with Gasteiger partial charge in [-0.05, 0) is 37.6 Å². The van der Waals surface area contributed by atoms with Gasteiger partial charge in [-0.25, -0.2) is 0 Å². The number of nitrogens with one attached hydrogen (secondary N) is 1. The van der Waals surface area contributed by atoms with Crippen LogP contribution in [0.25, 0.3) is 0 Å². The van der Waals surface area contributed by atoms with Crippen LogP contribution >= 0.6 is 0 Å². The maximum absolute atomic E-state index is 5.59. The zero-order chi connectivity index (χ0) is 12.8. The Balaban J connectivity index is 1.83. The highest BCUT2D eigenvalue weighted by Gasteiger charge is 2.20. The average molecular weight is 248 g/mol. The lowest BCUT2D eigenvalue weighted by Gasteiger charge is -2.16. The minimum atomic E-state index is 0.664. The minimum absolute atomic E-state index is 0.664. The van der Waals surface area contributed by atoms with E-state index in [0.717, 1.165) is 31.9 Å². The molecule has 0 amide bonds. The molecular weight excluding hydrogens is 224 g/mol. The molecule has 2 rings (SSSR count). The average Bonchev–Trinajstić information content (AvgIpc) is 2.86. The summed E-state index contributed by atoms with van der Waals surface area (Å²) in [6.07, 6.45) is 2.31. The van der Waals surface area contributed by atoms with Crippen molar-refractivity contribution in [2.24, 2.45) is 0 Å². The van der Waals surface area contributed by atoms with Gasteiger partial charge in [0.1, 0.15) is 5.75 Å². The predicted octanol–water partition coefficient (Wildman–Crippen LogP) is 2.27. The molecule has 1 aromatic rings. The van der Waals surface area contributed by atoms with Crippen LogP contribution in [0.2, 0.25) is 0 Å². The quantitative estimate of drug-likeness (QED) is 0.836. The molecule has 1 unspecified atom stereocenters. The number of benzene rings is 1. The van der Waals surface area contributed by atoms with Crippen LogP contribution in [0, 0.1) is 0 Å². The molecule has 1 heterocycles. The molecular formula is C15H24N2O. The highest BCUT2D eigenvalue weighted by Crippen LogP contribution is 2.16. The van der Waals surface area contributed by atoms with Crippen molar-refractivity contribution in [2.75, 3.05) is 26.7 Å². The maximum Gasteiger partial charge on any atom is 0.119 e.